The summed E-state index contributed by atoms with van der Waals surface area (Å²) in [5.74, 6) is -0.394. The molecule has 0 aliphatic carbocycles. The van der Waals surface area contributed by atoms with Gasteiger partial charge in [-0.1, -0.05) is 12.1 Å². The van der Waals surface area contributed by atoms with Crippen molar-refractivity contribution in [1.82, 2.24) is 15.1 Å². The summed E-state index contributed by atoms with van der Waals surface area (Å²) < 4.78 is 19.6. The molecule has 38 heavy (non-hydrogen) atoms. The van der Waals surface area contributed by atoms with Crippen molar-refractivity contribution >= 4 is 24.9 Å². The first-order valence-electron chi connectivity index (χ1n) is 12.6. The van der Waals surface area contributed by atoms with Crippen LogP contribution in [0.2, 0.25) is 0 Å². The third kappa shape index (κ3) is 11.4. The zero-order chi connectivity index (χ0) is 28.3. The summed E-state index contributed by atoms with van der Waals surface area (Å²) in [6.45, 7) is 8.83. The third-order valence-corrected chi connectivity index (χ3v) is 5.75. The highest BCUT2D eigenvalue weighted by Gasteiger charge is 2.14. The van der Waals surface area contributed by atoms with Crippen LogP contribution >= 0.6 is 0 Å². The largest absolute Gasteiger partial charge is 0.494 e. The zero-order valence-electron chi connectivity index (χ0n) is 23.4. The van der Waals surface area contributed by atoms with Crippen molar-refractivity contribution in [3.8, 4) is 5.75 Å². The van der Waals surface area contributed by atoms with Crippen LogP contribution in [0.1, 0.15) is 27.9 Å². The summed E-state index contributed by atoms with van der Waals surface area (Å²) in [5, 5.41) is 2.75. The van der Waals surface area contributed by atoms with Gasteiger partial charge in [0.25, 0.3) is 0 Å². The number of rotatable bonds is 10. The number of allylic oxidation sites excluding steroid dienone is 1. The second kappa shape index (κ2) is 18.9. The summed E-state index contributed by atoms with van der Waals surface area (Å²) in [7, 11) is 8.79. The van der Waals surface area contributed by atoms with E-state index in [0.29, 0.717) is 30.3 Å². The SMILES string of the molecule is C=N/C=C(\C=Nc1ccc(CN2CCN(C)CC2)cc1)CCc1cc(C=O)cc(OC)c1F.CN.CNC. The molecule has 3 rings (SSSR count). The summed E-state index contributed by atoms with van der Waals surface area (Å²) in [4.78, 5) is 24.4. The molecule has 0 aromatic heterocycles. The van der Waals surface area contributed by atoms with Crippen LogP contribution in [0.3, 0.4) is 0 Å². The predicted molar refractivity (Wildman–Crippen MR) is 157 cm³/mol. The molecule has 2 aromatic rings. The number of aliphatic imine (C=N–C) groups is 2. The topological polar surface area (TPSA) is 95.5 Å². The fourth-order valence-electron chi connectivity index (χ4n) is 3.75. The van der Waals surface area contributed by atoms with E-state index in [0.717, 1.165) is 44.0 Å². The van der Waals surface area contributed by atoms with Gasteiger partial charge >= 0.3 is 0 Å². The van der Waals surface area contributed by atoms with E-state index in [1.165, 1.54) is 25.8 Å². The summed E-state index contributed by atoms with van der Waals surface area (Å²) >= 11 is 0. The molecule has 2 aromatic carbocycles. The number of carbonyl (C=O) groups is 1. The smallest absolute Gasteiger partial charge is 0.168 e. The maximum Gasteiger partial charge on any atom is 0.168 e. The van der Waals surface area contributed by atoms with Gasteiger partial charge in [0.15, 0.2) is 11.6 Å². The van der Waals surface area contributed by atoms with Gasteiger partial charge in [-0.15, -0.1) is 0 Å². The number of piperazine rings is 1. The second-order valence-electron chi connectivity index (χ2n) is 8.70. The lowest BCUT2D eigenvalue weighted by Crippen LogP contribution is -2.43. The fraction of sp³-hybridized carbons (Fsp3) is 0.414. The summed E-state index contributed by atoms with van der Waals surface area (Å²) in [6, 6.07) is 11.1. The van der Waals surface area contributed by atoms with Crippen molar-refractivity contribution in [2.45, 2.75) is 19.4 Å². The maximum absolute atomic E-state index is 14.6. The molecule has 1 aliphatic rings. The molecular formula is C29H43FN6O2. The molecule has 0 bridgehead atoms. The minimum Gasteiger partial charge on any atom is -0.494 e. The van der Waals surface area contributed by atoms with E-state index < -0.39 is 5.82 Å². The predicted octanol–water partition coefficient (Wildman–Crippen LogP) is 3.72. The van der Waals surface area contributed by atoms with Gasteiger partial charge in [0.2, 0.25) is 0 Å². The highest BCUT2D eigenvalue weighted by atomic mass is 19.1. The average molecular weight is 527 g/mol. The van der Waals surface area contributed by atoms with E-state index in [-0.39, 0.29) is 5.75 Å². The Bertz CT molecular complexity index is 1030. The van der Waals surface area contributed by atoms with E-state index in [1.807, 2.05) is 26.2 Å². The zero-order valence-corrected chi connectivity index (χ0v) is 23.4. The van der Waals surface area contributed by atoms with Gasteiger partial charge < -0.3 is 20.7 Å². The van der Waals surface area contributed by atoms with Gasteiger partial charge in [0.05, 0.1) is 12.8 Å². The van der Waals surface area contributed by atoms with Gasteiger partial charge in [0.1, 0.15) is 6.29 Å². The van der Waals surface area contributed by atoms with Gasteiger partial charge in [-0.05, 0) is 88.7 Å². The minimum absolute atomic E-state index is 0.0623. The summed E-state index contributed by atoms with van der Waals surface area (Å²) in [5.41, 5.74) is 8.19. The number of hydrogen-bond acceptors (Lipinski definition) is 8. The van der Waals surface area contributed by atoms with Gasteiger partial charge in [-0.25, -0.2) is 4.39 Å². The first-order chi connectivity index (χ1) is 18.4. The van der Waals surface area contributed by atoms with E-state index in [4.69, 9.17) is 4.74 Å². The Kier molecular flexibility index (Phi) is 16.3. The normalized spacial score (nSPS) is 14.2. The number of methoxy groups -OCH3 is 1. The van der Waals surface area contributed by atoms with Crippen LogP contribution in [0.5, 0.6) is 5.75 Å². The number of halogens is 1. The number of aryl methyl sites for hydroxylation is 1. The fourth-order valence-corrected chi connectivity index (χ4v) is 3.75. The Balaban J connectivity index is 0.00000135. The monoisotopic (exact) mass is 526 g/mol. The number of ether oxygens (including phenoxy) is 1. The number of likely N-dealkylation sites (N-methyl/N-ethyl adjacent to an activating group) is 1. The third-order valence-electron chi connectivity index (χ3n) is 5.75. The van der Waals surface area contributed by atoms with Gasteiger partial charge in [-0.3, -0.25) is 19.7 Å². The molecule has 1 heterocycles. The molecule has 0 radical (unpaired) electrons. The number of benzene rings is 2. The Morgan fingerprint density at radius 3 is 2.34 bits per heavy atom. The van der Waals surface area contributed by atoms with Crippen LogP contribution in [-0.4, -0.2) is 90.5 Å². The molecule has 0 spiro atoms. The molecule has 0 saturated carbocycles. The number of carbonyl (C=O) groups excluding carboxylic acids is 1. The number of nitrogens with zero attached hydrogens (tertiary/aromatic N) is 4. The van der Waals surface area contributed by atoms with Crippen molar-refractivity contribution in [3.05, 3.63) is 70.7 Å². The molecule has 0 atom stereocenters. The Morgan fingerprint density at radius 1 is 1.16 bits per heavy atom. The van der Waals surface area contributed by atoms with E-state index in [9.17, 15) is 9.18 Å². The molecule has 1 saturated heterocycles. The standard InChI is InChI=1S/C26H31FN4O2.C2H7N.CH5N/c1-28-16-21(4-7-23-14-22(19-32)15-25(33-3)26(23)27)17-29-24-8-5-20(6-9-24)18-31-12-10-30(2)11-13-31;1-3-2;1-2/h5-6,8-9,14-17,19H,1,4,7,10-13,18H2,2-3H3;3H,1-2H3;2H2,1H3/b21-16-,29-17?;;. The number of hydrogen-bond donors (Lipinski definition) is 2. The van der Waals surface area contributed by atoms with Crippen molar-refractivity contribution in [1.29, 1.82) is 0 Å². The van der Waals surface area contributed by atoms with E-state index >= 15 is 0 Å². The minimum atomic E-state index is -0.457. The first kappa shape index (κ1) is 32.8. The molecule has 0 amide bonds. The molecule has 0 unspecified atom stereocenters. The molecular weight excluding hydrogens is 483 g/mol. The molecule has 1 aliphatic heterocycles. The van der Waals surface area contributed by atoms with Gasteiger partial charge in [0, 0.05) is 50.7 Å². The number of nitrogens with two attached hydrogens (primary N) is 1. The second-order valence-corrected chi connectivity index (χ2v) is 8.70. The van der Waals surface area contributed by atoms with Crippen LogP contribution in [-0.2, 0) is 13.0 Å². The average Bonchev–Trinajstić information content (AvgIpc) is 2.94. The lowest BCUT2D eigenvalue weighted by Gasteiger charge is -2.32. The molecule has 9 heteroatoms. The summed E-state index contributed by atoms with van der Waals surface area (Å²) in [6.07, 6.45) is 4.89. The van der Waals surface area contributed by atoms with Crippen molar-refractivity contribution in [2.24, 2.45) is 15.7 Å². The highest BCUT2D eigenvalue weighted by Crippen LogP contribution is 2.24. The van der Waals surface area contributed by atoms with Crippen LogP contribution in [0.15, 0.2) is 58.2 Å². The highest BCUT2D eigenvalue weighted by molar-refractivity contribution is 5.81. The Labute approximate surface area is 227 Å². The van der Waals surface area contributed by atoms with Crippen LogP contribution in [0, 0.1) is 5.82 Å². The molecule has 1 fully saturated rings. The van der Waals surface area contributed by atoms with E-state index in [1.54, 1.807) is 18.5 Å². The lowest BCUT2D eigenvalue weighted by molar-refractivity contribution is 0.112. The molecule has 8 nitrogen and oxygen atoms in total. The first-order valence-corrected chi connectivity index (χ1v) is 12.6. The van der Waals surface area contributed by atoms with Crippen LogP contribution in [0.4, 0.5) is 10.1 Å². The Hall–Kier alpha value is -3.24. The molecule has 208 valence electrons. The van der Waals surface area contributed by atoms with E-state index in [2.05, 4.69) is 56.7 Å². The lowest BCUT2D eigenvalue weighted by atomic mass is 10.0. The number of nitrogens with one attached hydrogen (secondary N) is 1. The molecule has 3 N–H and O–H groups in total. The van der Waals surface area contributed by atoms with Crippen LogP contribution < -0.4 is 15.8 Å². The van der Waals surface area contributed by atoms with Crippen molar-refractivity contribution in [3.63, 3.8) is 0 Å². The van der Waals surface area contributed by atoms with Gasteiger partial charge in [-0.2, -0.15) is 0 Å². The van der Waals surface area contributed by atoms with Crippen LogP contribution in [0.25, 0.3) is 0 Å². The Morgan fingerprint density at radius 2 is 1.79 bits per heavy atom. The van der Waals surface area contributed by atoms with Crippen molar-refractivity contribution in [2.75, 3.05) is 61.5 Å². The quantitative estimate of drug-likeness (QED) is 0.362. The number of aldehydes is 1. The van der Waals surface area contributed by atoms with Crippen molar-refractivity contribution < 1.29 is 13.9 Å². The maximum atomic E-state index is 14.6.